The number of hydrogen-bond donors (Lipinski definition) is 2. The number of nitrogens with zero attached hydrogens (tertiary/aromatic N) is 1. The molecule has 6 heteroatoms. The van der Waals surface area contributed by atoms with Gasteiger partial charge in [0.1, 0.15) is 5.82 Å². The molecule has 0 spiro atoms. The second-order valence-corrected chi connectivity index (χ2v) is 2.22. The second-order valence-electron chi connectivity index (χ2n) is 2.22. The molecule has 1 rings (SSSR count). The zero-order valence-corrected chi connectivity index (χ0v) is 5.92. The number of aromatic nitrogens is 2. The number of carbonyl (C=O) groups is 1. The molecule has 4 nitrogen and oxygen atoms in total. The summed E-state index contributed by atoms with van der Waals surface area (Å²) in [5.41, 5.74) is 0. The Kier molecular flexibility index (Phi) is 2.07. The van der Waals surface area contributed by atoms with Crippen LogP contribution in [0.3, 0.4) is 0 Å². The van der Waals surface area contributed by atoms with Crippen LogP contribution in [0.4, 0.5) is 8.78 Å². The van der Waals surface area contributed by atoms with Crippen molar-refractivity contribution in [3.8, 4) is 0 Å². The molecule has 66 valence electrons. The fraction of sp³-hybridized carbons (Fsp3) is 0.333. The summed E-state index contributed by atoms with van der Waals surface area (Å²) in [4.78, 5) is 15.8. The van der Waals surface area contributed by atoms with E-state index in [9.17, 15) is 13.6 Å². The van der Waals surface area contributed by atoms with Crippen molar-refractivity contribution in [2.75, 3.05) is 0 Å². The quantitative estimate of drug-likeness (QED) is 0.711. The summed E-state index contributed by atoms with van der Waals surface area (Å²) in [6.07, 6.45) is 1.73. The Morgan fingerprint density at radius 3 is 2.83 bits per heavy atom. The summed E-state index contributed by atoms with van der Waals surface area (Å²) < 4.78 is 24.9. The van der Waals surface area contributed by atoms with Crippen LogP contribution in [0.5, 0.6) is 0 Å². The number of hydrogen-bond acceptors (Lipinski definition) is 2. The van der Waals surface area contributed by atoms with E-state index < -0.39 is 18.3 Å². The van der Waals surface area contributed by atoms with E-state index in [1.54, 1.807) is 0 Å². The summed E-state index contributed by atoms with van der Waals surface area (Å²) in [6, 6.07) is 0. The number of alkyl halides is 2. The van der Waals surface area contributed by atoms with Gasteiger partial charge in [0.25, 0.3) is 0 Å². The molecule has 0 bridgehead atoms. The zero-order chi connectivity index (χ0) is 9.19. The van der Waals surface area contributed by atoms with Gasteiger partial charge in [-0.1, -0.05) is 0 Å². The van der Waals surface area contributed by atoms with Crippen LogP contribution in [0.25, 0.3) is 0 Å². The highest BCUT2D eigenvalue weighted by atomic mass is 19.3. The van der Waals surface area contributed by atoms with Crippen molar-refractivity contribution in [3.63, 3.8) is 0 Å². The first-order valence-electron chi connectivity index (χ1n) is 3.12. The molecule has 0 saturated heterocycles. The molecule has 0 saturated carbocycles. The van der Waals surface area contributed by atoms with Crippen LogP contribution >= 0.6 is 0 Å². The molecule has 2 N–H and O–H groups in total. The van der Waals surface area contributed by atoms with Gasteiger partial charge in [-0.3, -0.25) is 0 Å². The average molecular weight is 176 g/mol. The van der Waals surface area contributed by atoms with Crippen LogP contribution in [-0.2, 0) is 11.2 Å². The smallest absolute Gasteiger partial charge is 0.375 e. The van der Waals surface area contributed by atoms with E-state index >= 15 is 0 Å². The number of carboxylic acid groups (broad SMARTS) is 1. The molecule has 0 radical (unpaired) electrons. The summed E-state index contributed by atoms with van der Waals surface area (Å²) in [6.45, 7) is 0. The highest BCUT2D eigenvalue weighted by Crippen LogP contribution is 2.17. The minimum absolute atomic E-state index is 0.0394. The first kappa shape index (κ1) is 8.63. The number of carboxylic acids is 1. The Hall–Kier alpha value is -1.46. The number of imidazole rings is 1. The van der Waals surface area contributed by atoms with Gasteiger partial charge in [-0.15, -0.1) is 0 Å². The third kappa shape index (κ3) is 1.77. The number of rotatable bonds is 3. The van der Waals surface area contributed by atoms with E-state index in [4.69, 9.17) is 5.11 Å². The number of nitrogens with one attached hydrogen (secondary N) is 1. The molecule has 1 aromatic heterocycles. The summed E-state index contributed by atoms with van der Waals surface area (Å²) >= 11 is 0. The number of halogens is 2. The Morgan fingerprint density at radius 1 is 1.75 bits per heavy atom. The molecule has 0 unspecified atom stereocenters. The van der Waals surface area contributed by atoms with E-state index in [0.717, 1.165) is 0 Å². The summed E-state index contributed by atoms with van der Waals surface area (Å²) in [5, 5.41) is 8.05. The number of H-pyrrole nitrogens is 1. The van der Waals surface area contributed by atoms with Gasteiger partial charge >= 0.3 is 11.9 Å². The summed E-state index contributed by atoms with van der Waals surface area (Å²) in [5.74, 6) is -5.93. The normalized spacial score (nSPS) is 11.5. The van der Waals surface area contributed by atoms with Crippen LogP contribution in [0.15, 0.2) is 12.4 Å². The van der Waals surface area contributed by atoms with Crippen molar-refractivity contribution in [3.05, 3.63) is 18.2 Å². The lowest BCUT2D eigenvalue weighted by molar-refractivity contribution is -0.164. The molecule has 0 fully saturated rings. The zero-order valence-electron chi connectivity index (χ0n) is 5.92. The van der Waals surface area contributed by atoms with Crippen molar-refractivity contribution in [1.82, 2.24) is 9.97 Å². The fourth-order valence-corrected chi connectivity index (χ4v) is 0.681. The van der Waals surface area contributed by atoms with Gasteiger partial charge in [-0.05, 0) is 0 Å². The topological polar surface area (TPSA) is 66.0 Å². The highest BCUT2D eigenvalue weighted by Gasteiger charge is 2.39. The molecule has 12 heavy (non-hydrogen) atoms. The second kappa shape index (κ2) is 2.88. The van der Waals surface area contributed by atoms with Crippen molar-refractivity contribution < 1.29 is 18.7 Å². The molecule has 1 aromatic rings. The van der Waals surface area contributed by atoms with E-state index in [0.29, 0.717) is 0 Å². The van der Waals surface area contributed by atoms with Crippen LogP contribution in [0, 0.1) is 0 Å². The van der Waals surface area contributed by atoms with Crippen molar-refractivity contribution in [2.24, 2.45) is 0 Å². The molecular formula is C6H6F2N2O2. The van der Waals surface area contributed by atoms with Gasteiger partial charge in [0, 0.05) is 12.4 Å². The molecule has 0 aliphatic carbocycles. The lowest BCUT2D eigenvalue weighted by Crippen LogP contribution is -2.31. The van der Waals surface area contributed by atoms with Gasteiger partial charge < -0.3 is 10.1 Å². The van der Waals surface area contributed by atoms with E-state index in [1.165, 1.54) is 12.4 Å². The Balaban J connectivity index is 2.69. The molecule has 0 aromatic carbocycles. The third-order valence-electron chi connectivity index (χ3n) is 1.26. The van der Waals surface area contributed by atoms with Crippen molar-refractivity contribution in [2.45, 2.75) is 12.3 Å². The number of aliphatic carboxylic acids is 1. The van der Waals surface area contributed by atoms with Gasteiger partial charge in [-0.25, -0.2) is 9.78 Å². The molecule has 0 aliphatic heterocycles. The third-order valence-corrected chi connectivity index (χ3v) is 1.26. The first-order valence-corrected chi connectivity index (χ1v) is 3.12. The predicted molar refractivity (Wildman–Crippen MR) is 34.9 cm³/mol. The van der Waals surface area contributed by atoms with Crippen molar-refractivity contribution in [1.29, 1.82) is 0 Å². The largest absolute Gasteiger partial charge is 0.477 e. The van der Waals surface area contributed by atoms with Crippen LogP contribution < -0.4 is 0 Å². The number of aromatic amines is 1. The lowest BCUT2D eigenvalue weighted by Gasteiger charge is -2.07. The van der Waals surface area contributed by atoms with Gasteiger partial charge in [0.2, 0.25) is 0 Å². The highest BCUT2D eigenvalue weighted by molar-refractivity contribution is 5.75. The maximum Gasteiger partial charge on any atom is 0.375 e. The average Bonchev–Trinajstić information content (AvgIpc) is 2.38. The molecule has 0 atom stereocenters. The van der Waals surface area contributed by atoms with E-state index in [1.807, 2.05) is 0 Å². The summed E-state index contributed by atoms with van der Waals surface area (Å²) in [7, 11) is 0. The molecule has 1 heterocycles. The maximum absolute atomic E-state index is 12.5. The Bertz CT molecular complexity index is 271. The van der Waals surface area contributed by atoms with Gasteiger partial charge in [0.15, 0.2) is 0 Å². The molecule has 0 amide bonds. The maximum atomic E-state index is 12.5. The van der Waals surface area contributed by atoms with Crippen LogP contribution in [0.2, 0.25) is 0 Å². The minimum atomic E-state index is -3.75. The SMILES string of the molecule is O=C(O)C(F)(F)Cc1ncc[nH]1. The Labute approximate surface area is 66.2 Å². The standard InChI is InChI=1S/C6H6F2N2O2/c7-6(8,5(11)12)3-4-9-1-2-10-4/h1-2H,3H2,(H,9,10)(H,11,12). The minimum Gasteiger partial charge on any atom is -0.477 e. The Morgan fingerprint density at radius 2 is 2.42 bits per heavy atom. The van der Waals surface area contributed by atoms with E-state index in [-0.39, 0.29) is 5.82 Å². The van der Waals surface area contributed by atoms with Crippen LogP contribution in [0.1, 0.15) is 5.82 Å². The predicted octanol–water partition coefficient (Wildman–Crippen LogP) is 0.672. The first-order chi connectivity index (χ1) is 5.52. The van der Waals surface area contributed by atoms with Gasteiger partial charge in [-0.2, -0.15) is 8.78 Å². The van der Waals surface area contributed by atoms with Gasteiger partial charge in [0.05, 0.1) is 6.42 Å². The van der Waals surface area contributed by atoms with Crippen molar-refractivity contribution >= 4 is 5.97 Å². The fourth-order valence-electron chi connectivity index (χ4n) is 0.681. The van der Waals surface area contributed by atoms with Crippen LogP contribution in [-0.4, -0.2) is 27.0 Å². The van der Waals surface area contributed by atoms with E-state index in [2.05, 4.69) is 9.97 Å². The lowest BCUT2D eigenvalue weighted by atomic mass is 10.2. The molecule has 0 aliphatic rings. The monoisotopic (exact) mass is 176 g/mol. The molecular weight excluding hydrogens is 170 g/mol.